The average Bonchev–Trinajstić information content (AvgIpc) is 3.16. The van der Waals surface area contributed by atoms with Crippen molar-refractivity contribution >= 4 is 6.29 Å². The first-order valence-electron chi connectivity index (χ1n) is 6.86. The summed E-state index contributed by atoms with van der Waals surface area (Å²) in [6.45, 7) is 5.78. The number of aldehydes is 1. The molecule has 1 saturated carbocycles. The van der Waals surface area contributed by atoms with Gasteiger partial charge in [-0.3, -0.25) is 0 Å². The van der Waals surface area contributed by atoms with Crippen molar-refractivity contribution < 1.29 is 4.79 Å². The van der Waals surface area contributed by atoms with Crippen molar-refractivity contribution in [2.75, 3.05) is 0 Å². The zero-order valence-electron chi connectivity index (χ0n) is 11.9. The van der Waals surface area contributed by atoms with Gasteiger partial charge < -0.3 is 4.79 Å². The van der Waals surface area contributed by atoms with E-state index in [0.717, 1.165) is 48.1 Å². The molecule has 0 aliphatic heterocycles. The van der Waals surface area contributed by atoms with E-state index in [-0.39, 0.29) is 11.8 Å². The molecule has 0 N–H and O–H groups in total. The van der Waals surface area contributed by atoms with Crippen LogP contribution < -0.4 is 0 Å². The van der Waals surface area contributed by atoms with Crippen molar-refractivity contribution in [3.05, 3.63) is 29.2 Å². The molecular formula is C14H17N5O. The minimum Gasteiger partial charge on any atom is -0.303 e. The summed E-state index contributed by atoms with van der Waals surface area (Å²) in [5.74, 6) is 3.39. The molecule has 2 aromatic rings. The molecule has 6 heteroatoms. The summed E-state index contributed by atoms with van der Waals surface area (Å²) in [4.78, 5) is 24.2. The average molecular weight is 271 g/mol. The Kier molecular flexibility index (Phi) is 3.08. The first kappa shape index (κ1) is 12.9. The van der Waals surface area contributed by atoms with Gasteiger partial charge in [0.1, 0.15) is 23.8 Å². The van der Waals surface area contributed by atoms with E-state index in [4.69, 9.17) is 0 Å². The summed E-state index contributed by atoms with van der Waals surface area (Å²) in [7, 11) is 0. The Morgan fingerprint density at radius 2 is 2.15 bits per heavy atom. The third-order valence-electron chi connectivity index (χ3n) is 3.58. The quantitative estimate of drug-likeness (QED) is 0.789. The second kappa shape index (κ2) is 4.77. The molecule has 20 heavy (non-hydrogen) atoms. The number of aryl methyl sites for hydroxylation is 3. The third-order valence-corrected chi connectivity index (χ3v) is 3.58. The summed E-state index contributed by atoms with van der Waals surface area (Å²) in [5.41, 5.74) is 0.941. The molecule has 0 radical (unpaired) electrons. The maximum absolute atomic E-state index is 10.8. The van der Waals surface area contributed by atoms with E-state index >= 15 is 0 Å². The molecule has 0 unspecified atom stereocenters. The molecule has 2 heterocycles. The zero-order chi connectivity index (χ0) is 14.3. The largest absolute Gasteiger partial charge is 0.303 e. The first-order chi connectivity index (χ1) is 9.62. The SMILES string of the molecule is CCc1nc([C@@H]2C[C@H]2C=O)cc(-n2nc(C)nc2C)n1. The molecule has 0 amide bonds. The number of rotatable bonds is 4. The van der Waals surface area contributed by atoms with Gasteiger partial charge in [0.15, 0.2) is 5.82 Å². The van der Waals surface area contributed by atoms with Crippen LogP contribution in [0.1, 0.15) is 42.4 Å². The highest BCUT2D eigenvalue weighted by molar-refractivity contribution is 5.61. The van der Waals surface area contributed by atoms with Crippen LogP contribution in [-0.4, -0.2) is 31.0 Å². The summed E-state index contributed by atoms with van der Waals surface area (Å²) in [6.07, 6.45) is 2.66. The first-order valence-corrected chi connectivity index (χ1v) is 6.86. The summed E-state index contributed by atoms with van der Waals surface area (Å²) in [6, 6.07) is 1.93. The van der Waals surface area contributed by atoms with E-state index in [0.29, 0.717) is 0 Å². The molecule has 0 bridgehead atoms. The van der Waals surface area contributed by atoms with Crippen LogP contribution in [0.3, 0.4) is 0 Å². The summed E-state index contributed by atoms with van der Waals surface area (Å²) in [5, 5.41) is 4.36. The lowest BCUT2D eigenvalue weighted by Crippen LogP contribution is -2.08. The van der Waals surface area contributed by atoms with E-state index in [2.05, 4.69) is 20.1 Å². The molecular weight excluding hydrogens is 254 g/mol. The number of carbonyl (C=O) groups is 1. The van der Waals surface area contributed by atoms with E-state index in [1.807, 2.05) is 26.8 Å². The Morgan fingerprint density at radius 1 is 1.35 bits per heavy atom. The fourth-order valence-electron chi connectivity index (χ4n) is 2.40. The van der Waals surface area contributed by atoms with Crippen LogP contribution in [0.5, 0.6) is 0 Å². The van der Waals surface area contributed by atoms with Gasteiger partial charge in [-0.2, -0.15) is 4.68 Å². The minimum atomic E-state index is 0.112. The van der Waals surface area contributed by atoms with Crippen LogP contribution in [-0.2, 0) is 11.2 Å². The second-order valence-corrected chi connectivity index (χ2v) is 5.18. The summed E-state index contributed by atoms with van der Waals surface area (Å²) < 4.78 is 1.73. The van der Waals surface area contributed by atoms with Gasteiger partial charge in [-0.05, 0) is 20.3 Å². The van der Waals surface area contributed by atoms with Crippen molar-refractivity contribution in [1.82, 2.24) is 24.7 Å². The van der Waals surface area contributed by atoms with Gasteiger partial charge in [-0.1, -0.05) is 6.92 Å². The molecule has 104 valence electrons. The minimum absolute atomic E-state index is 0.112. The molecule has 2 atom stereocenters. The molecule has 0 saturated heterocycles. The Balaban J connectivity index is 2.04. The topological polar surface area (TPSA) is 73.6 Å². The fourth-order valence-corrected chi connectivity index (χ4v) is 2.40. The number of aromatic nitrogens is 5. The van der Waals surface area contributed by atoms with Crippen LogP contribution in [0, 0.1) is 19.8 Å². The zero-order valence-corrected chi connectivity index (χ0v) is 11.9. The number of hydrogen-bond donors (Lipinski definition) is 0. The van der Waals surface area contributed by atoms with E-state index in [9.17, 15) is 4.79 Å². The van der Waals surface area contributed by atoms with Crippen molar-refractivity contribution in [1.29, 1.82) is 0 Å². The van der Waals surface area contributed by atoms with Gasteiger partial charge in [0.2, 0.25) is 0 Å². The van der Waals surface area contributed by atoms with Crippen molar-refractivity contribution in [3.63, 3.8) is 0 Å². The van der Waals surface area contributed by atoms with Crippen LogP contribution in [0.15, 0.2) is 6.07 Å². The van der Waals surface area contributed by atoms with E-state index < -0.39 is 0 Å². The van der Waals surface area contributed by atoms with Gasteiger partial charge in [-0.25, -0.2) is 15.0 Å². The predicted octanol–water partition coefficient (Wildman–Crippen LogP) is 1.54. The molecule has 0 spiro atoms. The standard InChI is InChI=1S/C14H17N5O/c1-4-13-16-12(11-5-10(11)7-20)6-14(17-13)19-9(3)15-8(2)18-19/h6-7,10-11H,4-5H2,1-3H3/t10-,11+/m0/s1. The smallest absolute Gasteiger partial charge is 0.159 e. The normalized spacial score (nSPS) is 20.9. The number of carbonyl (C=O) groups excluding carboxylic acids is 1. The highest BCUT2D eigenvalue weighted by Gasteiger charge is 2.39. The predicted molar refractivity (Wildman–Crippen MR) is 72.7 cm³/mol. The Labute approximate surface area is 117 Å². The Bertz CT molecular complexity index is 664. The van der Waals surface area contributed by atoms with Gasteiger partial charge in [0.05, 0.1) is 5.69 Å². The molecule has 1 fully saturated rings. The number of nitrogens with zero attached hydrogens (tertiary/aromatic N) is 5. The monoisotopic (exact) mass is 271 g/mol. The second-order valence-electron chi connectivity index (χ2n) is 5.18. The van der Waals surface area contributed by atoms with Crippen LogP contribution >= 0.6 is 0 Å². The van der Waals surface area contributed by atoms with Crippen molar-refractivity contribution in [3.8, 4) is 5.82 Å². The summed E-state index contributed by atoms with van der Waals surface area (Å²) >= 11 is 0. The Morgan fingerprint density at radius 3 is 2.70 bits per heavy atom. The highest BCUT2D eigenvalue weighted by atomic mass is 16.1. The third kappa shape index (κ3) is 2.21. The van der Waals surface area contributed by atoms with Gasteiger partial charge in [0, 0.05) is 24.3 Å². The maximum atomic E-state index is 10.8. The van der Waals surface area contributed by atoms with Crippen LogP contribution in [0.25, 0.3) is 5.82 Å². The molecule has 6 nitrogen and oxygen atoms in total. The molecule has 0 aromatic carbocycles. The van der Waals surface area contributed by atoms with Gasteiger partial charge >= 0.3 is 0 Å². The highest BCUT2D eigenvalue weighted by Crippen LogP contribution is 2.45. The molecule has 2 aromatic heterocycles. The molecule has 1 aliphatic rings. The van der Waals surface area contributed by atoms with E-state index in [1.54, 1.807) is 4.68 Å². The molecule has 3 rings (SSSR count). The van der Waals surface area contributed by atoms with Gasteiger partial charge in [0.25, 0.3) is 0 Å². The van der Waals surface area contributed by atoms with Crippen molar-refractivity contribution in [2.45, 2.75) is 39.5 Å². The fraction of sp³-hybridized carbons (Fsp3) is 0.500. The van der Waals surface area contributed by atoms with E-state index in [1.165, 1.54) is 0 Å². The van der Waals surface area contributed by atoms with Crippen molar-refractivity contribution in [2.24, 2.45) is 5.92 Å². The lowest BCUT2D eigenvalue weighted by Gasteiger charge is -2.07. The van der Waals surface area contributed by atoms with Crippen LogP contribution in [0.4, 0.5) is 0 Å². The molecule has 1 aliphatic carbocycles. The lowest BCUT2D eigenvalue weighted by atomic mass is 10.2. The maximum Gasteiger partial charge on any atom is 0.159 e. The van der Waals surface area contributed by atoms with Gasteiger partial charge in [-0.15, -0.1) is 5.10 Å². The Hall–Kier alpha value is -2.11. The lowest BCUT2D eigenvalue weighted by molar-refractivity contribution is -0.108. The van der Waals surface area contributed by atoms with Crippen LogP contribution in [0.2, 0.25) is 0 Å². The number of hydrogen-bond acceptors (Lipinski definition) is 5.